The van der Waals surface area contributed by atoms with E-state index in [9.17, 15) is 32.3 Å². The second-order valence-corrected chi connectivity index (χ2v) is 12.8. The second-order valence-electron chi connectivity index (χ2n) is 12.8. The molecule has 0 aromatic heterocycles. The number of anilines is 2. The Morgan fingerprint density at radius 1 is 0.932 bits per heavy atom. The van der Waals surface area contributed by atoms with E-state index in [4.69, 9.17) is 4.74 Å². The van der Waals surface area contributed by atoms with Gasteiger partial charge in [0.1, 0.15) is 11.6 Å². The molecule has 2 saturated heterocycles. The highest BCUT2D eigenvalue weighted by Gasteiger charge is 2.50. The molecule has 5 rings (SSSR count). The number of fused-ring (bicyclic) bond motifs is 1. The number of hydrogen-bond donors (Lipinski definition) is 1. The number of halogens is 3. The molecule has 1 N–H and O–H groups in total. The summed E-state index contributed by atoms with van der Waals surface area (Å²) in [6.07, 6.45) is -2.88. The Balaban J connectivity index is 1.41. The first-order valence-corrected chi connectivity index (χ1v) is 14.7. The molecule has 12 heteroatoms. The number of alkyl halides is 3. The molecule has 2 aromatic rings. The number of hydrogen-bond acceptors (Lipinski definition) is 6. The molecular formula is C32H37F3N4O5. The van der Waals surface area contributed by atoms with Crippen LogP contribution in [0.4, 0.5) is 24.5 Å². The SMILES string of the molecule is CN1CCC2(CCN(c3cccc4c3CCN(C(=O)C(F)(F)F)C4C(=O)Nc3ccc(C(=O)OC(C)(C)C)cc3)CC2)C1=O. The lowest BCUT2D eigenvalue weighted by Gasteiger charge is -2.42. The fraction of sp³-hybridized carbons (Fsp3) is 0.500. The first-order valence-electron chi connectivity index (χ1n) is 14.7. The standard InChI is InChI=1S/C32H37F3N4O5/c1-30(2,3)44-27(41)20-8-10-21(11-9-20)36-26(40)25-23-6-5-7-24(22(23)12-16-39(25)29(43)32(33,34)35)38-18-14-31(15-19-38)13-17-37(4)28(31)42/h5-11,25H,12-19H2,1-4H3,(H,36,40). The molecule has 236 valence electrons. The Kier molecular flexibility index (Phi) is 8.15. The molecule has 3 heterocycles. The highest BCUT2D eigenvalue weighted by Crippen LogP contribution is 2.44. The Morgan fingerprint density at radius 3 is 2.14 bits per heavy atom. The Bertz CT molecular complexity index is 1460. The van der Waals surface area contributed by atoms with Crippen LogP contribution in [-0.2, 0) is 25.5 Å². The summed E-state index contributed by atoms with van der Waals surface area (Å²) in [5.41, 5.74) is 1.25. The van der Waals surface area contributed by atoms with Gasteiger partial charge in [-0.3, -0.25) is 14.4 Å². The molecule has 3 amide bonds. The molecule has 3 aliphatic heterocycles. The molecule has 44 heavy (non-hydrogen) atoms. The van der Waals surface area contributed by atoms with Crippen molar-refractivity contribution in [3.05, 3.63) is 59.2 Å². The van der Waals surface area contributed by atoms with Gasteiger partial charge >= 0.3 is 18.1 Å². The smallest absolute Gasteiger partial charge is 0.456 e. The Morgan fingerprint density at radius 2 is 1.57 bits per heavy atom. The summed E-state index contributed by atoms with van der Waals surface area (Å²) >= 11 is 0. The fourth-order valence-electron chi connectivity index (χ4n) is 6.48. The third-order valence-corrected chi connectivity index (χ3v) is 8.72. The van der Waals surface area contributed by atoms with Gasteiger partial charge in [0.2, 0.25) is 5.91 Å². The van der Waals surface area contributed by atoms with Crippen molar-refractivity contribution in [3.63, 3.8) is 0 Å². The molecule has 9 nitrogen and oxygen atoms in total. The number of esters is 1. The number of likely N-dealkylation sites (tertiary alicyclic amines) is 1. The van der Waals surface area contributed by atoms with Crippen LogP contribution in [0, 0.1) is 5.41 Å². The van der Waals surface area contributed by atoms with E-state index in [1.165, 1.54) is 24.3 Å². The minimum absolute atomic E-state index is 0.144. The molecule has 2 fully saturated rings. The van der Waals surface area contributed by atoms with Gasteiger partial charge < -0.3 is 24.8 Å². The van der Waals surface area contributed by atoms with Crippen LogP contribution >= 0.6 is 0 Å². The van der Waals surface area contributed by atoms with E-state index in [0.717, 1.165) is 18.7 Å². The quantitative estimate of drug-likeness (QED) is 0.501. The van der Waals surface area contributed by atoms with E-state index < -0.39 is 35.6 Å². The van der Waals surface area contributed by atoms with Gasteiger partial charge in [-0.2, -0.15) is 13.2 Å². The van der Waals surface area contributed by atoms with Crippen molar-refractivity contribution in [2.75, 3.05) is 43.4 Å². The summed E-state index contributed by atoms with van der Waals surface area (Å²) in [6.45, 7) is 6.83. The molecule has 0 saturated carbocycles. The van der Waals surface area contributed by atoms with Gasteiger partial charge in [0, 0.05) is 44.6 Å². The molecule has 1 unspecified atom stereocenters. The molecule has 1 atom stereocenters. The van der Waals surface area contributed by atoms with Crippen LogP contribution in [-0.4, -0.2) is 78.5 Å². The summed E-state index contributed by atoms with van der Waals surface area (Å²) in [7, 11) is 1.81. The fourth-order valence-corrected chi connectivity index (χ4v) is 6.48. The van der Waals surface area contributed by atoms with E-state index in [0.29, 0.717) is 42.0 Å². The second kappa shape index (κ2) is 11.4. The first kappa shape index (κ1) is 31.3. The lowest BCUT2D eigenvalue weighted by Crippen LogP contribution is -2.50. The normalized spacial score (nSPS) is 20.0. The lowest BCUT2D eigenvalue weighted by molar-refractivity contribution is -0.188. The van der Waals surface area contributed by atoms with Crippen LogP contribution in [0.15, 0.2) is 42.5 Å². The zero-order valence-electron chi connectivity index (χ0n) is 25.3. The number of amides is 3. The van der Waals surface area contributed by atoms with Crippen LogP contribution < -0.4 is 10.2 Å². The van der Waals surface area contributed by atoms with Gasteiger partial charge in [0.05, 0.1) is 11.0 Å². The van der Waals surface area contributed by atoms with Crippen LogP contribution in [0.3, 0.4) is 0 Å². The van der Waals surface area contributed by atoms with E-state index in [1.807, 2.05) is 13.1 Å². The third-order valence-electron chi connectivity index (χ3n) is 8.72. The zero-order chi connectivity index (χ0) is 32.0. The number of nitrogens with one attached hydrogen (secondary N) is 1. The topological polar surface area (TPSA) is 99.3 Å². The van der Waals surface area contributed by atoms with E-state index in [-0.39, 0.29) is 35.5 Å². The van der Waals surface area contributed by atoms with Crippen LogP contribution in [0.1, 0.15) is 67.6 Å². The van der Waals surface area contributed by atoms with Crippen molar-refractivity contribution in [1.82, 2.24) is 9.80 Å². The minimum atomic E-state index is -5.16. The molecule has 0 bridgehead atoms. The third kappa shape index (κ3) is 6.11. The summed E-state index contributed by atoms with van der Waals surface area (Å²) in [5, 5.41) is 2.64. The van der Waals surface area contributed by atoms with Gasteiger partial charge in [-0.15, -0.1) is 0 Å². The zero-order valence-corrected chi connectivity index (χ0v) is 25.3. The summed E-state index contributed by atoms with van der Waals surface area (Å²) < 4.78 is 46.4. The van der Waals surface area contributed by atoms with Gasteiger partial charge in [-0.1, -0.05) is 12.1 Å². The average molecular weight is 615 g/mol. The van der Waals surface area contributed by atoms with Gasteiger partial charge in [-0.25, -0.2) is 4.79 Å². The van der Waals surface area contributed by atoms with Gasteiger partial charge in [-0.05, 0) is 87.9 Å². The Hall–Kier alpha value is -4.09. The van der Waals surface area contributed by atoms with E-state index in [2.05, 4.69) is 10.2 Å². The number of benzene rings is 2. The predicted octanol–water partition coefficient (Wildman–Crippen LogP) is 4.72. The van der Waals surface area contributed by atoms with Crippen LogP contribution in [0.25, 0.3) is 0 Å². The number of rotatable bonds is 4. The number of piperidine rings is 1. The predicted molar refractivity (Wildman–Crippen MR) is 157 cm³/mol. The van der Waals surface area contributed by atoms with Crippen molar-refractivity contribution in [2.45, 2.75) is 64.3 Å². The summed E-state index contributed by atoms with van der Waals surface area (Å²) in [6, 6.07) is 9.44. The Labute approximate surface area is 254 Å². The van der Waals surface area contributed by atoms with E-state index >= 15 is 0 Å². The number of carbonyl (C=O) groups is 4. The highest BCUT2D eigenvalue weighted by molar-refractivity contribution is 6.00. The number of ether oxygens (including phenoxy) is 1. The van der Waals surface area contributed by atoms with Crippen LogP contribution in [0.5, 0.6) is 0 Å². The molecule has 2 aromatic carbocycles. The molecular weight excluding hydrogens is 577 g/mol. The lowest BCUT2D eigenvalue weighted by atomic mass is 9.76. The van der Waals surface area contributed by atoms with Crippen molar-refractivity contribution in [2.24, 2.45) is 5.41 Å². The summed E-state index contributed by atoms with van der Waals surface area (Å²) in [4.78, 5) is 55.9. The number of carbonyl (C=O) groups excluding carboxylic acids is 4. The van der Waals surface area contributed by atoms with Crippen LogP contribution in [0.2, 0.25) is 0 Å². The molecule has 1 spiro atoms. The van der Waals surface area contributed by atoms with E-state index in [1.54, 1.807) is 37.8 Å². The van der Waals surface area contributed by atoms with Crippen molar-refractivity contribution in [1.29, 1.82) is 0 Å². The van der Waals surface area contributed by atoms with Crippen molar-refractivity contribution >= 4 is 35.1 Å². The largest absolute Gasteiger partial charge is 0.471 e. The highest BCUT2D eigenvalue weighted by atomic mass is 19.4. The molecule has 3 aliphatic rings. The number of nitrogens with zero attached hydrogens (tertiary/aromatic N) is 3. The van der Waals surface area contributed by atoms with Crippen molar-refractivity contribution < 1.29 is 37.1 Å². The maximum absolute atomic E-state index is 13.7. The average Bonchev–Trinajstić information content (AvgIpc) is 3.23. The monoisotopic (exact) mass is 614 g/mol. The van der Waals surface area contributed by atoms with Gasteiger partial charge in [0.25, 0.3) is 5.91 Å². The minimum Gasteiger partial charge on any atom is -0.456 e. The first-order chi connectivity index (χ1) is 20.6. The molecule has 0 radical (unpaired) electrons. The molecule has 0 aliphatic carbocycles. The maximum atomic E-state index is 13.7. The maximum Gasteiger partial charge on any atom is 0.471 e. The summed E-state index contributed by atoms with van der Waals surface area (Å²) in [5.74, 6) is -3.29. The van der Waals surface area contributed by atoms with Crippen molar-refractivity contribution in [3.8, 4) is 0 Å². The van der Waals surface area contributed by atoms with Gasteiger partial charge in [0.15, 0.2) is 0 Å².